The van der Waals surface area contributed by atoms with E-state index in [2.05, 4.69) is 0 Å². The van der Waals surface area contributed by atoms with Crippen molar-refractivity contribution in [1.29, 1.82) is 0 Å². The summed E-state index contributed by atoms with van der Waals surface area (Å²) in [6.07, 6.45) is 1.21. The third kappa shape index (κ3) is 2.95. The summed E-state index contributed by atoms with van der Waals surface area (Å²) in [5.41, 5.74) is 0. The highest BCUT2D eigenvalue weighted by molar-refractivity contribution is 7.89. The molecule has 0 bridgehead atoms. The van der Waals surface area contributed by atoms with Gasteiger partial charge in [0.15, 0.2) is 12.0 Å². The van der Waals surface area contributed by atoms with Crippen LogP contribution in [0.4, 0.5) is 0 Å². The second-order valence-electron chi connectivity index (χ2n) is 3.98. The molecule has 0 saturated carbocycles. The van der Waals surface area contributed by atoms with E-state index in [4.69, 9.17) is 4.42 Å². The average Bonchev–Trinajstić information content (AvgIpc) is 2.74. The highest BCUT2D eigenvalue weighted by atomic mass is 32.2. The molecule has 17 heavy (non-hydrogen) atoms. The molecule has 0 unspecified atom stereocenters. The molecular weight excluding hydrogens is 242 g/mol. The van der Waals surface area contributed by atoms with E-state index in [-0.39, 0.29) is 16.9 Å². The number of sulfonamides is 1. The maximum Gasteiger partial charge on any atom is 0.276 e. The van der Waals surface area contributed by atoms with Crippen molar-refractivity contribution in [3.8, 4) is 0 Å². The SMILES string of the molecule is CCCN(C(C)C)S(=O)(=O)c1ccc(C=O)o1. The fourth-order valence-electron chi connectivity index (χ4n) is 1.53. The van der Waals surface area contributed by atoms with E-state index in [1.807, 2.05) is 6.92 Å². The molecule has 0 aliphatic heterocycles. The van der Waals surface area contributed by atoms with Crippen LogP contribution in [0.5, 0.6) is 0 Å². The maximum atomic E-state index is 12.2. The quantitative estimate of drug-likeness (QED) is 0.732. The van der Waals surface area contributed by atoms with Crippen molar-refractivity contribution in [3.63, 3.8) is 0 Å². The van der Waals surface area contributed by atoms with Gasteiger partial charge in [0.05, 0.1) is 0 Å². The zero-order valence-electron chi connectivity index (χ0n) is 10.2. The van der Waals surface area contributed by atoms with E-state index in [9.17, 15) is 13.2 Å². The molecule has 0 aliphatic rings. The summed E-state index contributed by atoms with van der Waals surface area (Å²) in [7, 11) is -3.64. The Labute approximate surface area is 101 Å². The van der Waals surface area contributed by atoms with Gasteiger partial charge in [0, 0.05) is 12.6 Å². The zero-order valence-corrected chi connectivity index (χ0v) is 11.0. The van der Waals surface area contributed by atoms with Gasteiger partial charge >= 0.3 is 0 Å². The molecule has 1 heterocycles. The largest absolute Gasteiger partial charge is 0.440 e. The van der Waals surface area contributed by atoms with Crippen molar-refractivity contribution >= 4 is 16.3 Å². The highest BCUT2D eigenvalue weighted by Gasteiger charge is 2.29. The van der Waals surface area contributed by atoms with E-state index >= 15 is 0 Å². The van der Waals surface area contributed by atoms with Crippen LogP contribution in [0.1, 0.15) is 37.7 Å². The Bertz CT molecular complexity index is 475. The van der Waals surface area contributed by atoms with Gasteiger partial charge in [-0.15, -0.1) is 0 Å². The molecule has 5 nitrogen and oxygen atoms in total. The van der Waals surface area contributed by atoms with Gasteiger partial charge in [0.25, 0.3) is 10.0 Å². The molecule has 0 radical (unpaired) electrons. The topological polar surface area (TPSA) is 67.6 Å². The molecule has 6 heteroatoms. The van der Waals surface area contributed by atoms with Gasteiger partial charge in [-0.25, -0.2) is 8.42 Å². The molecule has 0 atom stereocenters. The van der Waals surface area contributed by atoms with Gasteiger partial charge in [-0.3, -0.25) is 4.79 Å². The summed E-state index contributed by atoms with van der Waals surface area (Å²) in [4.78, 5) is 10.5. The van der Waals surface area contributed by atoms with Gasteiger partial charge in [0.2, 0.25) is 5.09 Å². The Morgan fingerprint density at radius 3 is 2.47 bits per heavy atom. The van der Waals surface area contributed by atoms with Crippen molar-refractivity contribution < 1.29 is 17.6 Å². The minimum Gasteiger partial charge on any atom is -0.440 e. The van der Waals surface area contributed by atoms with Gasteiger partial charge in [-0.1, -0.05) is 6.92 Å². The summed E-state index contributed by atoms with van der Waals surface area (Å²) < 4.78 is 30.8. The third-order valence-electron chi connectivity index (χ3n) is 2.30. The Balaban J connectivity index is 3.11. The monoisotopic (exact) mass is 259 g/mol. The fourth-order valence-corrected chi connectivity index (χ4v) is 3.18. The lowest BCUT2D eigenvalue weighted by Crippen LogP contribution is -2.37. The molecule has 1 rings (SSSR count). The summed E-state index contributed by atoms with van der Waals surface area (Å²) in [5, 5.41) is -0.179. The van der Waals surface area contributed by atoms with E-state index in [1.54, 1.807) is 13.8 Å². The van der Waals surface area contributed by atoms with Crippen LogP contribution in [0.15, 0.2) is 21.6 Å². The molecule has 0 saturated heterocycles. The van der Waals surface area contributed by atoms with Crippen molar-refractivity contribution in [2.45, 2.75) is 38.3 Å². The Hall–Kier alpha value is -1.14. The van der Waals surface area contributed by atoms with Crippen LogP contribution >= 0.6 is 0 Å². The van der Waals surface area contributed by atoms with E-state index in [0.29, 0.717) is 12.8 Å². The number of carbonyl (C=O) groups excluding carboxylic acids is 1. The first-order valence-electron chi connectivity index (χ1n) is 5.50. The van der Waals surface area contributed by atoms with Crippen LogP contribution in [0.2, 0.25) is 0 Å². The number of rotatable bonds is 6. The standard InChI is InChI=1S/C11H17NO4S/c1-4-7-12(9(2)3)17(14,15)11-6-5-10(8-13)16-11/h5-6,8-9H,4,7H2,1-3H3. The maximum absolute atomic E-state index is 12.2. The summed E-state index contributed by atoms with van der Waals surface area (Å²) >= 11 is 0. The smallest absolute Gasteiger partial charge is 0.276 e. The zero-order chi connectivity index (χ0) is 13.1. The predicted molar refractivity (Wildman–Crippen MR) is 63.4 cm³/mol. The lowest BCUT2D eigenvalue weighted by Gasteiger charge is -2.23. The molecule has 0 fully saturated rings. The van der Waals surface area contributed by atoms with Gasteiger partial charge < -0.3 is 4.42 Å². The van der Waals surface area contributed by atoms with E-state index in [0.717, 1.165) is 6.42 Å². The Kier molecular flexibility index (Phi) is 4.47. The van der Waals surface area contributed by atoms with Gasteiger partial charge in [0.1, 0.15) is 0 Å². The molecule has 0 amide bonds. The molecule has 0 N–H and O–H groups in total. The van der Waals surface area contributed by atoms with E-state index in [1.165, 1.54) is 16.4 Å². The molecule has 0 aliphatic carbocycles. The minimum absolute atomic E-state index is 0.0174. The van der Waals surface area contributed by atoms with Crippen molar-refractivity contribution in [1.82, 2.24) is 4.31 Å². The third-order valence-corrected chi connectivity index (χ3v) is 4.25. The summed E-state index contributed by atoms with van der Waals surface area (Å²) in [5.74, 6) is 0.0174. The average molecular weight is 259 g/mol. The summed E-state index contributed by atoms with van der Waals surface area (Å²) in [6, 6.07) is 2.51. The predicted octanol–water partition coefficient (Wildman–Crippen LogP) is 1.90. The van der Waals surface area contributed by atoms with Crippen LogP contribution in [-0.2, 0) is 10.0 Å². The molecule has 0 aromatic carbocycles. The van der Waals surface area contributed by atoms with Crippen molar-refractivity contribution in [2.24, 2.45) is 0 Å². The first-order chi connectivity index (χ1) is 7.93. The number of hydrogen-bond donors (Lipinski definition) is 0. The second kappa shape index (κ2) is 5.46. The normalized spacial score (nSPS) is 12.3. The fraction of sp³-hybridized carbons (Fsp3) is 0.545. The number of aldehydes is 1. The highest BCUT2D eigenvalue weighted by Crippen LogP contribution is 2.20. The van der Waals surface area contributed by atoms with Crippen LogP contribution in [0.25, 0.3) is 0 Å². The first kappa shape index (κ1) is 13.9. The number of furan rings is 1. The lowest BCUT2D eigenvalue weighted by molar-refractivity contribution is 0.109. The van der Waals surface area contributed by atoms with Crippen LogP contribution in [0.3, 0.4) is 0 Å². The molecular formula is C11H17NO4S. The number of hydrogen-bond acceptors (Lipinski definition) is 4. The number of carbonyl (C=O) groups is 1. The van der Waals surface area contributed by atoms with Crippen molar-refractivity contribution in [2.75, 3.05) is 6.54 Å². The lowest BCUT2D eigenvalue weighted by atomic mass is 10.4. The molecule has 1 aromatic rings. The van der Waals surface area contributed by atoms with Gasteiger partial charge in [-0.2, -0.15) is 4.31 Å². The summed E-state index contributed by atoms with van der Waals surface area (Å²) in [6.45, 7) is 5.94. The molecule has 0 spiro atoms. The number of nitrogens with zero attached hydrogens (tertiary/aromatic N) is 1. The van der Waals surface area contributed by atoms with Crippen molar-refractivity contribution in [3.05, 3.63) is 17.9 Å². The Morgan fingerprint density at radius 1 is 1.41 bits per heavy atom. The second-order valence-corrected chi connectivity index (χ2v) is 5.81. The minimum atomic E-state index is -3.64. The van der Waals surface area contributed by atoms with Crippen LogP contribution in [0, 0.1) is 0 Å². The molecule has 1 aromatic heterocycles. The first-order valence-corrected chi connectivity index (χ1v) is 6.94. The van der Waals surface area contributed by atoms with Gasteiger partial charge in [-0.05, 0) is 32.4 Å². The van der Waals surface area contributed by atoms with E-state index < -0.39 is 10.0 Å². The van der Waals surface area contributed by atoms with Crippen LogP contribution < -0.4 is 0 Å². The van der Waals surface area contributed by atoms with Crippen LogP contribution in [-0.4, -0.2) is 31.6 Å². The molecule has 96 valence electrons. The Morgan fingerprint density at radius 2 is 2.06 bits per heavy atom.